The number of ether oxygens (including phenoxy) is 3. The molecule has 5 rings (SSSR count). The SMILES string of the molecule is Nc1cccc(S(=O)(=O)N2CCSC2C(=O)OC(Cc2c(Cl)cncc2Cl)c2ccc(OC(F)F)c(OCC3CC3)c2)c1. The largest absolute Gasteiger partial charge is 0.489 e. The van der Waals surface area contributed by atoms with Crippen LogP contribution in [-0.2, 0) is 26.0 Å². The Labute approximate surface area is 261 Å². The number of hydrogen-bond acceptors (Lipinski definition) is 9. The number of benzene rings is 2. The van der Waals surface area contributed by atoms with Crippen molar-refractivity contribution in [1.82, 2.24) is 9.29 Å². The summed E-state index contributed by atoms with van der Waals surface area (Å²) in [6.07, 6.45) is 3.63. The van der Waals surface area contributed by atoms with Gasteiger partial charge in [0.15, 0.2) is 16.9 Å². The van der Waals surface area contributed by atoms with Gasteiger partial charge in [0.25, 0.3) is 0 Å². The van der Waals surface area contributed by atoms with E-state index in [-0.39, 0.29) is 45.1 Å². The molecule has 1 aromatic heterocycles. The van der Waals surface area contributed by atoms with E-state index in [1.807, 2.05) is 0 Å². The Morgan fingerprint density at radius 1 is 1.12 bits per heavy atom. The Kier molecular flexibility index (Phi) is 9.86. The Bertz CT molecular complexity index is 1580. The summed E-state index contributed by atoms with van der Waals surface area (Å²) in [6, 6.07) is 10.0. The number of sulfonamides is 1. The fraction of sp³-hybridized carbons (Fsp3) is 0.357. The van der Waals surface area contributed by atoms with E-state index in [9.17, 15) is 22.0 Å². The molecule has 9 nitrogen and oxygen atoms in total. The van der Waals surface area contributed by atoms with Gasteiger partial charge in [0.1, 0.15) is 6.10 Å². The molecule has 2 atom stereocenters. The molecule has 15 heteroatoms. The van der Waals surface area contributed by atoms with E-state index in [1.165, 1.54) is 48.8 Å². The minimum absolute atomic E-state index is 0.0254. The maximum absolute atomic E-state index is 13.7. The molecule has 2 aromatic carbocycles. The van der Waals surface area contributed by atoms with Crippen LogP contribution >= 0.6 is 35.0 Å². The fourth-order valence-corrected chi connectivity index (χ4v) is 8.09. The molecule has 1 saturated heterocycles. The van der Waals surface area contributed by atoms with Crippen LogP contribution in [0.3, 0.4) is 0 Å². The van der Waals surface area contributed by atoms with Crippen molar-refractivity contribution in [3.63, 3.8) is 0 Å². The molecule has 1 saturated carbocycles. The number of anilines is 1. The van der Waals surface area contributed by atoms with E-state index < -0.39 is 34.1 Å². The van der Waals surface area contributed by atoms with Crippen LogP contribution in [0.5, 0.6) is 11.5 Å². The molecule has 3 aromatic rings. The van der Waals surface area contributed by atoms with Crippen molar-refractivity contribution in [1.29, 1.82) is 0 Å². The summed E-state index contributed by atoms with van der Waals surface area (Å²) in [5, 5.41) is -0.751. The van der Waals surface area contributed by atoms with E-state index in [2.05, 4.69) is 9.72 Å². The van der Waals surface area contributed by atoms with Crippen molar-refractivity contribution in [2.24, 2.45) is 5.92 Å². The summed E-state index contributed by atoms with van der Waals surface area (Å²) < 4.78 is 70.7. The molecule has 1 aliphatic carbocycles. The molecule has 2 N–H and O–H groups in total. The molecule has 0 spiro atoms. The third-order valence-electron chi connectivity index (χ3n) is 6.84. The van der Waals surface area contributed by atoms with Crippen LogP contribution in [0.25, 0.3) is 0 Å². The number of nitrogens with zero attached hydrogens (tertiary/aromatic N) is 2. The summed E-state index contributed by atoms with van der Waals surface area (Å²) in [5.74, 6) is -0.269. The average molecular weight is 675 g/mol. The molecule has 2 fully saturated rings. The lowest BCUT2D eigenvalue weighted by Gasteiger charge is -2.26. The van der Waals surface area contributed by atoms with Crippen molar-refractivity contribution in [2.75, 3.05) is 24.6 Å². The third kappa shape index (κ3) is 7.63. The second kappa shape index (κ2) is 13.4. The van der Waals surface area contributed by atoms with Crippen molar-refractivity contribution >= 4 is 56.6 Å². The monoisotopic (exact) mass is 673 g/mol. The van der Waals surface area contributed by atoms with Crippen LogP contribution in [-0.4, -0.2) is 54.6 Å². The topological polar surface area (TPSA) is 121 Å². The number of carbonyl (C=O) groups is 1. The van der Waals surface area contributed by atoms with Gasteiger partial charge < -0.3 is 19.9 Å². The van der Waals surface area contributed by atoms with E-state index in [4.69, 9.17) is 38.4 Å². The summed E-state index contributed by atoms with van der Waals surface area (Å²) >= 11 is 13.9. The summed E-state index contributed by atoms with van der Waals surface area (Å²) in [5.41, 5.74) is 6.86. The number of aromatic nitrogens is 1. The lowest BCUT2D eigenvalue weighted by molar-refractivity contribution is -0.150. The van der Waals surface area contributed by atoms with Crippen LogP contribution in [0.2, 0.25) is 10.0 Å². The number of halogens is 4. The van der Waals surface area contributed by atoms with Gasteiger partial charge in [-0.05, 0) is 60.2 Å². The number of hydrogen-bond donors (Lipinski definition) is 1. The maximum Gasteiger partial charge on any atom is 0.387 e. The highest BCUT2D eigenvalue weighted by molar-refractivity contribution is 8.02. The van der Waals surface area contributed by atoms with Crippen LogP contribution in [0, 0.1) is 5.92 Å². The van der Waals surface area contributed by atoms with Crippen molar-refractivity contribution in [3.8, 4) is 11.5 Å². The number of thioether (sulfide) groups is 1. The fourth-order valence-electron chi connectivity index (χ4n) is 4.46. The molecule has 2 unspecified atom stereocenters. The molecule has 2 aliphatic rings. The maximum atomic E-state index is 13.7. The normalized spacial score (nSPS) is 18.0. The van der Waals surface area contributed by atoms with Crippen molar-refractivity contribution < 1.29 is 36.2 Å². The summed E-state index contributed by atoms with van der Waals surface area (Å²) in [6.45, 7) is -2.69. The standard InChI is InChI=1S/C28H27Cl2F2N3O6S2/c29-21-13-34-14-22(30)20(21)12-24(17-6-7-23(41-28(31)32)25(10-17)39-15-16-4-5-16)40-27(36)26-35(8-9-42-26)43(37,38)19-3-1-2-18(33)11-19/h1-3,6-7,10-11,13-14,16,24,26,28H,4-5,8-9,12,15,33H2. The van der Waals surface area contributed by atoms with Gasteiger partial charge >= 0.3 is 12.6 Å². The zero-order valence-electron chi connectivity index (χ0n) is 22.5. The Hall–Kier alpha value is -2.84. The minimum Gasteiger partial charge on any atom is -0.489 e. The second-order valence-corrected chi connectivity index (χ2v) is 13.9. The number of nitrogen functional groups attached to an aromatic ring is 1. The van der Waals surface area contributed by atoms with E-state index >= 15 is 0 Å². The highest BCUT2D eigenvalue weighted by Crippen LogP contribution is 2.39. The summed E-state index contributed by atoms with van der Waals surface area (Å²) in [7, 11) is -4.09. The number of rotatable bonds is 12. The van der Waals surface area contributed by atoms with Gasteiger partial charge in [-0.1, -0.05) is 35.3 Å². The molecule has 1 aliphatic heterocycles. The van der Waals surface area contributed by atoms with Gasteiger partial charge in [-0.2, -0.15) is 13.1 Å². The van der Waals surface area contributed by atoms with Gasteiger partial charge in [0.05, 0.1) is 21.5 Å². The highest BCUT2D eigenvalue weighted by atomic mass is 35.5. The number of alkyl halides is 2. The van der Waals surface area contributed by atoms with Crippen molar-refractivity contribution in [2.45, 2.75) is 42.2 Å². The lowest BCUT2D eigenvalue weighted by atomic mass is 10.0. The Morgan fingerprint density at radius 3 is 2.53 bits per heavy atom. The number of esters is 1. The van der Waals surface area contributed by atoms with Gasteiger partial charge in [-0.3, -0.25) is 4.98 Å². The molecule has 230 valence electrons. The molecule has 43 heavy (non-hydrogen) atoms. The number of nitrogens with two attached hydrogens (primary N) is 1. The molecule has 0 radical (unpaired) electrons. The quantitative estimate of drug-likeness (QED) is 0.184. The molecule has 2 heterocycles. The van der Waals surface area contributed by atoms with Gasteiger partial charge in [-0.15, -0.1) is 11.8 Å². The number of carbonyl (C=O) groups excluding carboxylic acids is 1. The predicted octanol–water partition coefficient (Wildman–Crippen LogP) is 5.95. The lowest BCUT2D eigenvalue weighted by Crippen LogP contribution is -2.40. The highest BCUT2D eigenvalue weighted by Gasteiger charge is 2.42. The zero-order chi connectivity index (χ0) is 30.7. The van der Waals surface area contributed by atoms with Gasteiger partial charge in [0, 0.05) is 36.8 Å². The van der Waals surface area contributed by atoms with Crippen LogP contribution in [0.4, 0.5) is 14.5 Å². The first kappa shape index (κ1) is 31.6. The van der Waals surface area contributed by atoms with Gasteiger partial charge in [-0.25, -0.2) is 13.2 Å². The van der Waals surface area contributed by atoms with Gasteiger partial charge in [0.2, 0.25) is 10.0 Å². The third-order valence-corrected chi connectivity index (χ3v) is 10.7. The van der Waals surface area contributed by atoms with E-state index in [1.54, 1.807) is 6.07 Å². The first-order valence-corrected chi connectivity index (χ1v) is 16.5. The first-order valence-electron chi connectivity index (χ1n) is 13.2. The Balaban J connectivity index is 1.46. The zero-order valence-corrected chi connectivity index (χ0v) is 25.6. The van der Waals surface area contributed by atoms with E-state index in [0.29, 0.717) is 29.4 Å². The van der Waals surface area contributed by atoms with Crippen LogP contribution in [0.15, 0.2) is 59.8 Å². The Morgan fingerprint density at radius 2 is 1.86 bits per heavy atom. The average Bonchev–Trinajstić information content (AvgIpc) is 3.65. The molecule has 0 bridgehead atoms. The first-order chi connectivity index (χ1) is 20.5. The summed E-state index contributed by atoms with van der Waals surface area (Å²) in [4.78, 5) is 17.6. The number of pyridine rings is 1. The van der Waals surface area contributed by atoms with Crippen LogP contribution in [0.1, 0.15) is 30.1 Å². The molecular weight excluding hydrogens is 647 g/mol. The van der Waals surface area contributed by atoms with Crippen molar-refractivity contribution in [3.05, 3.63) is 76.0 Å². The molecular formula is C28H27Cl2F2N3O6S2. The smallest absolute Gasteiger partial charge is 0.387 e. The minimum atomic E-state index is -4.09. The predicted molar refractivity (Wildman–Crippen MR) is 159 cm³/mol. The second-order valence-electron chi connectivity index (χ2n) is 9.96. The van der Waals surface area contributed by atoms with E-state index in [0.717, 1.165) is 28.9 Å². The van der Waals surface area contributed by atoms with Crippen LogP contribution < -0.4 is 15.2 Å². The molecule has 0 amide bonds.